The number of ketones is 1. The van der Waals surface area contributed by atoms with Gasteiger partial charge in [-0.2, -0.15) is 0 Å². The lowest BCUT2D eigenvalue weighted by atomic mass is 10.0. The van der Waals surface area contributed by atoms with E-state index < -0.39 is 5.97 Å². The largest absolute Gasteiger partial charge is 0.462 e. The van der Waals surface area contributed by atoms with Gasteiger partial charge in [0, 0.05) is 12.0 Å². The van der Waals surface area contributed by atoms with Gasteiger partial charge >= 0.3 is 5.97 Å². The Hall–Kier alpha value is -2.49. The molecule has 0 bridgehead atoms. The summed E-state index contributed by atoms with van der Waals surface area (Å²) in [5.74, 6) is -0.697. The standard InChI is InChI=1S/C18H17FO3/c1-2-22-18(21)15-8-6-14(7-9-15)17(20)12-5-13-3-10-16(19)11-4-13/h3-4,6-11H,2,5,12H2,1H3. The van der Waals surface area contributed by atoms with Crippen LogP contribution in [-0.2, 0) is 11.2 Å². The first-order chi connectivity index (χ1) is 10.6. The lowest BCUT2D eigenvalue weighted by Crippen LogP contribution is -2.06. The molecule has 0 aliphatic heterocycles. The topological polar surface area (TPSA) is 43.4 Å². The molecule has 0 aromatic heterocycles. The summed E-state index contributed by atoms with van der Waals surface area (Å²) in [4.78, 5) is 23.6. The third-order valence-corrected chi connectivity index (χ3v) is 3.27. The molecule has 0 unspecified atom stereocenters. The number of Topliss-reactive ketones (excluding diaryl/α,β-unsaturated/α-hetero) is 1. The van der Waals surface area contributed by atoms with E-state index in [1.165, 1.54) is 12.1 Å². The first kappa shape index (κ1) is 15.9. The van der Waals surface area contributed by atoms with Crippen molar-refractivity contribution in [3.8, 4) is 0 Å². The molecule has 0 N–H and O–H groups in total. The highest BCUT2D eigenvalue weighted by molar-refractivity contribution is 5.97. The van der Waals surface area contributed by atoms with E-state index in [2.05, 4.69) is 0 Å². The molecule has 22 heavy (non-hydrogen) atoms. The fraction of sp³-hybridized carbons (Fsp3) is 0.222. The summed E-state index contributed by atoms with van der Waals surface area (Å²) >= 11 is 0. The van der Waals surface area contributed by atoms with E-state index in [-0.39, 0.29) is 11.6 Å². The molecule has 0 saturated carbocycles. The van der Waals surface area contributed by atoms with Crippen LogP contribution in [0, 0.1) is 5.82 Å². The van der Waals surface area contributed by atoms with Crippen LogP contribution >= 0.6 is 0 Å². The number of esters is 1. The molecule has 0 amide bonds. The first-order valence-corrected chi connectivity index (χ1v) is 7.15. The molecule has 2 aromatic rings. The van der Waals surface area contributed by atoms with Gasteiger partial charge in [-0.3, -0.25) is 4.79 Å². The predicted molar refractivity (Wildman–Crippen MR) is 81.5 cm³/mol. The maximum atomic E-state index is 12.8. The van der Waals surface area contributed by atoms with E-state index in [9.17, 15) is 14.0 Å². The van der Waals surface area contributed by atoms with Crippen LogP contribution in [0.1, 0.15) is 39.6 Å². The second-order valence-electron chi connectivity index (χ2n) is 4.85. The highest BCUT2D eigenvalue weighted by atomic mass is 19.1. The second kappa shape index (κ2) is 7.50. The lowest BCUT2D eigenvalue weighted by Gasteiger charge is -2.04. The van der Waals surface area contributed by atoms with Gasteiger partial charge in [-0.1, -0.05) is 24.3 Å². The SMILES string of the molecule is CCOC(=O)c1ccc(C(=O)CCc2ccc(F)cc2)cc1. The van der Waals surface area contributed by atoms with Crippen molar-refractivity contribution in [2.45, 2.75) is 19.8 Å². The monoisotopic (exact) mass is 300 g/mol. The van der Waals surface area contributed by atoms with Crippen LogP contribution in [0.5, 0.6) is 0 Å². The van der Waals surface area contributed by atoms with Gasteiger partial charge in [-0.05, 0) is 43.2 Å². The fourth-order valence-corrected chi connectivity index (χ4v) is 2.06. The number of hydrogen-bond acceptors (Lipinski definition) is 3. The molecule has 0 fully saturated rings. The van der Waals surface area contributed by atoms with Gasteiger partial charge in [0.25, 0.3) is 0 Å². The lowest BCUT2D eigenvalue weighted by molar-refractivity contribution is 0.0526. The molecule has 3 nitrogen and oxygen atoms in total. The number of carbonyl (C=O) groups is 2. The molecule has 0 aliphatic carbocycles. The maximum absolute atomic E-state index is 12.8. The van der Waals surface area contributed by atoms with Crippen molar-refractivity contribution < 1.29 is 18.7 Å². The fourth-order valence-electron chi connectivity index (χ4n) is 2.06. The number of benzene rings is 2. The second-order valence-corrected chi connectivity index (χ2v) is 4.85. The quantitative estimate of drug-likeness (QED) is 0.601. The smallest absolute Gasteiger partial charge is 0.338 e. The van der Waals surface area contributed by atoms with Gasteiger partial charge in [0.2, 0.25) is 0 Å². The third-order valence-electron chi connectivity index (χ3n) is 3.27. The Morgan fingerprint density at radius 2 is 1.55 bits per heavy atom. The zero-order valence-electron chi connectivity index (χ0n) is 12.3. The van der Waals surface area contributed by atoms with Crippen LogP contribution in [0.4, 0.5) is 4.39 Å². The number of rotatable bonds is 6. The summed E-state index contributed by atoms with van der Waals surface area (Å²) in [6.07, 6.45) is 0.892. The Kier molecular flexibility index (Phi) is 5.42. The van der Waals surface area contributed by atoms with Gasteiger partial charge < -0.3 is 4.74 Å². The summed E-state index contributed by atoms with van der Waals surface area (Å²) in [7, 11) is 0. The van der Waals surface area contributed by atoms with Crippen molar-refractivity contribution in [1.82, 2.24) is 0 Å². The number of ether oxygens (including phenoxy) is 1. The van der Waals surface area contributed by atoms with Gasteiger partial charge in [-0.25, -0.2) is 9.18 Å². The van der Waals surface area contributed by atoms with Crippen molar-refractivity contribution in [1.29, 1.82) is 0 Å². The van der Waals surface area contributed by atoms with Crippen LogP contribution in [0.3, 0.4) is 0 Å². The average Bonchev–Trinajstić information content (AvgIpc) is 2.54. The normalized spacial score (nSPS) is 10.3. The Balaban J connectivity index is 1.95. The molecule has 2 rings (SSSR count). The molecule has 0 radical (unpaired) electrons. The van der Waals surface area contributed by atoms with Crippen molar-refractivity contribution >= 4 is 11.8 Å². The summed E-state index contributed by atoms with van der Waals surface area (Å²) in [5, 5.41) is 0. The molecule has 2 aromatic carbocycles. The summed E-state index contributed by atoms with van der Waals surface area (Å²) in [6, 6.07) is 12.5. The number of aryl methyl sites for hydroxylation is 1. The molecule has 0 saturated heterocycles. The minimum absolute atomic E-state index is 0.0141. The van der Waals surface area contributed by atoms with Gasteiger partial charge in [0.05, 0.1) is 12.2 Å². The Morgan fingerprint density at radius 3 is 2.14 bits per heavy atom. The number of carbonyl (C=O) groups excluding carboxylic acids is 2. The highest BCUT2D eigenvalue weighted by Crippen LogP contribution is 2.11. The molecular weight excluding hydrogens is 283 g/mol. The van der Waals surface area contributed by atoms with E-state index in [1.54, 1.807) is 43.3 Å². The Labute approximate surface area is 128 Å². The molecule has 4 heteroatoms. The van der Waals surface area contributed by atoms with Crippen molar-refractivity contribution in [2.75, 3.05) is 6.61 Å². The summed E-state index contributed by atoms with van der Waals surface area (Å²) in [5.41, 5.74) is 1.89. The van der Waals surface area contributed by atoms with Crippen LogP contribution < -0.4 is 0 Å². The van der Waals surface area contributed by atoms with Crippen LogP contribution in [0.25, 0.3) is 0 Å². The van der Waals surface area contributed by atoms with E-state index in [0.717, 1.165) is 5.56 Å². The summed E-state index contributed by atoms with van der Waals surface area (Å²) < 4.78 is 17.7. The van der Waals surface area contributed by atoms with Gasteiger partial charge in [0.1, 0.15) is 5.82 Å². The van der Waals surface area contributed by atoms with Crippen molar-refractivity contribution in [3.05, 3.63) is 71.0 Å². The van der Waals surface area contributed by atoms with E-state index in [1.807, 2.05) is 0 Å². The molecule has 114 valence electrons. The van der Waals surface area contributed by atoms with Crippen LogP contribution in [0.2, 0.25) is 0 Å². The Bertz CT molecular complexity index is 645. The molecule has 0 heterocycles. The zero-order chi connectivity index (χ0) is 15.9. The van der Waals surface area contributed by atoms with Crippen LogP contribution in [0.15, 0.2) is 48.5 Å². The van der Waals surface area contributed by atoms with Gasteiger partial charge in [0.15, 0.2) is 5.78 Å². The Morgan fingerprint density at radius 1 is 0.955 bits per heavy atom. The first-order valence-electron chi connectivity index (χ1n) is 7.15. The molecule has 0 aliphatic rings. The van der Waals surface area contributed by atoms with E-state index in [0.29, 0.717) is 30.6 Å². The van der Waals surface area contributed by atoms with Crippen molar-refractivity contribution in [3.63, 3.8) is 0 Å². The van der Waals surface area contributed by atoms with Crippen molar-refractivity contribution in [2.24, 2.45) is 0 Å². The highest BCUT2D eigenvalue weighted by Gasteiger charge is 2.09. The third kappa shape index (κ3) is 4.25. The average molecular weight is 300 g/mol. The maximum Gasteiger partial charge on any atom is 0.338 e. The van der Waals surface area contributed by atoms with E-state index >= 15 is 0 Å². The predicted octanol–water partition coefficient (Wildman–Crippen LogP) is 3.82. The van der Waals surface area contributed by atoms with Gasteiger partial charge in [-0.15, -0.1) is 0 Å². The van der Waals surface area contributed by atoms with Crippen LogP contribution in [-0.4, -0.2) is 18.4 Å². The minimum Gasteiger partial charge on any atom is -0.462 e. The summed E-state index contributed by atoms with van der Waals surface area (Å²) in [6.45, 7) is 2.06. The zero-order valence-corrected chi connectivity index (χ0v) is 12.3. The van der Waals surface area contributed by atoms with E-state index in [4.69, 9.17) is 4.74 Å². The number of halogens is 1. The molecule has 0 spiro atoms. The minimum atomic E-state index is -0.396. The molecule has 0 atom stereocenters. The number of hydrogen-bond donors (Lipinski definition) is 0. The molecular formula is C18H17FO3.